The average Bonchev–Trinajstić information content (AvgIpc) is 3.36. The summed E-state index contributed by atoms with van der Waals surface area (Å²) in [7, 11) is 0. The molecule has 25 heavy (non-hydrogen) atoms. The molecule has 0 spiro atoms. The van der Waals surface area contributed by atoms with E-state index >= 15 is 0 Å². The van der Waals surface area contributed by atoms with E-state index in [9.17, 15) is 19.6 Å². The largest absolute Gasteiger partial charge is 0.350 e. The number of rotatable bonds is 7. The van der Waals surface area contributed by atoms with Crippen LogP contribution in [0.3, 0.4) is 0 Å². The van der Waals surface area contributed by atoms with Crippen molar-refractivity contribution >= 4 is 17.6 Å². The van der Waals surface area contributed by atoms with E-state index in [1.54, 1.807) is 11.0 Å². The van der Waals surface area contributed by atoms with Gasteiger partial charge >= 0.3 is 0 Å². The third-order valence-corrected chi connectivity index (χ3v) is 4.78. The summed E-state index contributed by atoms with van der Waals surface area (Å²) in [6, 6.07) is 11.1. The lowest BCUT2D eigenvalue weighted by atomic mass is 9.92. The van der Waals surface area contributed by atoms with Crippen LogP contribution >= 0.6 is 0 Å². The van der Waals surface area contributed by atoms with Crippen molar-refractivity contribution in [2.45, 2.75) is 25.8 Å². The molecule has 0 unspecified atom stereocenters. The third kappa shape index (κ3) is 4.24. The summed E-state index contributed by atoms with van der Waals surface area (Å²) >= 11 is 0. The van der Waals surface area contributed by atoms with Gasteiger partial charge in [-0.05, 0) is 24.3 Å². The normalized spacial score (nSPS) is 20.8. The number of nitrogens with zero attached hydrogens (tertiary/aromatic N) is 2. The lowest BCUT2D eigenvalue weighted by molar-refractivity contribution is -0.134. The van der Waals surface area contributed by atoms with Crippen molar-refractivity contribution in [1.29, 1.82) is 5.26 Å². The summed E-state index contributed by atoms with van der Waals surface area (Å²) in [5, 5.41) is 11.9. The number of hydrogen-bond donors (Lipinski definition) is 1. The first-order chi connectivity index (χ1) is 12.1. The van der Waals surface area contributed by atoms with E-state index in [2.05, 4.69) is 5.32 Å². The van der Waals surface area contributed by atoms with Crippen LogP contribution in [0.1, 0.15) is 24.8 Å². The van der Waals surface area contributed by atoms with E-state index in [1.165, 1.54) is 0 Å². The van der Waals surface area contributed by atoms with Crippen molar-refractivity contribution in [3.8, 4) is 6.07 Å². The standard InChI is InChI=1S/C19H21N3O3/c20-9-16(19(25)21-10-13-4-2-1-3-5-13)18(24)15-8-17(23)22(12-15)11-14-6-7-14/h1-5,14-16H,6-8,10-12H2,(H,21,25)/t15-,16+/m0/s1. The average molecular weight is 339 g/mol. The SMILES string of the molecule is N#C[C@@H](C(=O)NCc1ccccc1)C(=O)[C@H]1CC(=O)N(CC2CC2)C1. The fourth-order valence-electron chi connectivity index (χ4n) is 3.13. The Kier molecular flexibility index (Phi) is 5.13. The van der Waals surface area contributed by atoms with Gasteiger partial charge in [0.2, 0.25) is 11.8 Å². The molecule has 0 bridgehead atoms. The van der Waals surface area contributed by atoms with Crippen molar-refractivity contribution < 1.29 is 14.4 Å². The summed E-state index contributed by atoms with van der Waals surface area (Å²) in [6.07, 6.45) is 2.37. The molecule has 2 amide bonds. The zero-order valence-electron chi connectivity index (χ0n) is 14.0. The maximum atomic E-state index is 12.6. The quantitative estimate of drug-likeness (QED) is 0.758. The summed E-state index contributed by atoms with van der Waals surface area (Å²) in [4.78, 5) is 38.5. The van der Waals surface area contributed by atoms with Crippen LogP contribution in [0.25, 0.3) is 0 Å². The Morgan fingerprint density at radius 1 is 1.28 bits per heavy atom. The molecule has 3 rings (SSSR count). The van der Waals surface area contributed by atoms with Gasteiger partial charge in [0.1, 0.15) is 0 Å². The highest BCUT2D eigenvalue weighted by Crippen LogP contribution is 2.32. The molecular weight excluding hydrogens is 318 g/mol. The van der Waals surface area contributed by atoms with E-state index in [4.69, 9.17) is 0 Å². The molecule has 1 aromatic rings. The molecule has 0 aromatic heterocycles. The number of nitrogens with one attached hydrogen (secondary N) is 1. The monoisotopic (exact) mass is 339 g/mol. The fraction of sp³-hybridized carbons (Fsp3) is 0.474. The minimum Gasteiger partial charge on any atom is -0.350 e. The molecule has 1 saturated heterocycles. The highest BCUT2D eigenvalue weighted by atomic mass is 16.2. The van der Waals surface area contributed by atoms with E-state index < -0.39 is 23.5 Å². The molecule has 2 atom stereocenters. The molecule has 1 aliphatic carbocycles. The Bertz CT molecular complexity index is 706. The van der Waals surface area contributed by atoms with E-state index in [1.807, 2.05) is 30.3 Å². The third-order valence-electron chi connectivity index (χ3n) is 4.78. The zero-order chi connectivity index (χ0) is 17.8. The number of carbonyl (C=O) groups excluding carboxylic acids is 3. The number of hydrogen-bond acceptors (Lipinski definition) is 4. The number of amides is 2. The Balaban J connectivity index is 1.56. The zero-order valence-corrected chi connectivity index (χ0v) is 14.0. The molecule has 1 aromatic carbocycles. The van der Waals surface area contributed by atoms with Crippen LogP contribution in [0.4, 0.5) is 0 Å². The number of Topliss-reactive ketones (excluding diaryl/α,β-unsaturated/α-hetero) is 1. The van der Waals surface area contributed by atoms with Gasteiger partial charge in [-0.25, -0.2) is 0 Å². The van der Waals surface area contributed by atoms with Crippen molar-refractivity contribution in [3.05, 3.63) is 35.9 Å². The van der Waals surface area contributed by atoms with Crippen molar-refractivity contribution in [1.82, 2.24) is 10.2 Å². The second kappa shape index (κ2) is 7.47. The van der Waals surface area contributed by atoms with Crippen molar-refractivity contribution in [2.24, 2.45) is 17.8 Å². The fourth-order valence-corrected chi connectivity index (χ4v) is 3.13. The van der Waals surface area contributed by atoms with Gasteiger partial charge in [0.25, 0.3) is 0 Å². The number of likely N-dealkylation sites (tertiary alicyclic amines) is 1. The van der Waals surface area contributed by atoms with Gasteiger partial charge in [0, 0.05) is 32.0 Å². The summed E-state index contributed by atoms with van der Waals surface area (Å²) in [5.74, 6) is -2.45. The van der Waals surface area contributed by atoms with Gasteiger partial charge in [-0.3, -0.25) is 14.4 Å². The molecule has 1 saturated carbocycles. The summed E-state index contributed by atoms with van der Waals surface area (Å²) in [5.41, 5.74) is 0.895. The molecule has 2 aliphatic rings. The topological polar surface area (TPSA) is 90.3 Å². The van der Waals surface area contributed by atoms with Crippen LogP contribution < -0.4 is 5.32 Å². The highest BCUT2D eigenvalue weighted by molar-refractivity contribution is 6.06. The molecule has 1 aliphatic heterocycles. The maximum absolute atomic E-state index is 12.6. The van der Waals surface area contributed by atoms with Crippen LogP contribution in [0.2, 0.25) is 0 Å². The number of ketones is 1. The lowest BCUT2D eigenvalue weighted by Crippen LogP contribution is -2.38. The molecule has 0 radical (unpaired) electrons. The Hall–Kier alpha value is -2.68. The van der Waals surface area contributed by atoms with Crippen molar-refractivity contribution in [3.63, 3.8) is 0 Å². The molecule has 1 N–H and O–H groups in total. The first-order valence-corrected chi connectivity index (χ1v) is 8.61. The molecular formula is C19H21N3O3. The predicted octanol–water partition coefficient (Wildman–Crippen LogP) is 1.27. The van der Waals surface area contributed by atoms with Crippen LogP contribution in [0, 0.1) is 29.1 Å². The number of benzene rings is 1. The van der Waals surface area contributed by atoms with E-state index in [0.717, 1.165) is 18.4 Å². The molecule has 6 heteroatoms. The predicted molar refractivity (Wildman–Crippen MR) is 89.8 cm³/mol. The lowest BCUT2D eigenvalue weighted by Gasteiger charge is -2.16. The Labute approximate surface area is 146 Å². The molecule has 2 fully saturated rings. The smallest absolute Gasteiger partial charge is 0.245 e. The van der Waals surface area contributed by atoms with Gasteiger partial charge in [0.05, 0.1) is 6.07 Å². The summed E-state index contributed by atoms with van der Waals surface area (Å²) < 4.78 is 0. The number of nitriles is 1. The molecule has 130 valence electrons. The Morgan fingerprint density at radius 3 is 2.64 bits per heavy atom. The minimum absolute atomic E-state index is 0.0494. The van der Waals surface area contributed by atoms with E-state index in [0.29, 0.717) is 19.0 Å². The second-order valence-corrected chi connectivity index (χ2v) is 6.81. The maximum Gasteiger partial charge on any atom is 0.245 e. The summed E-state index contributed by atoms with van der Waals surface area (Å²) in [6.45, 7) is 1.29. The second-order valence-electron chi connectivity index (χ2n) is 6.81. The van der Waals surface area contributed by atoms with Gasteiger partial charge in [-0.2, -0.15) is 5.26 Å². The minimum atomic E-state index is -1.36. The Morgan fingerprint density at radius 2 is 2.00 bits per heavy atom. The van der Waals surface area contributed by atoms with Crippen LogP contribution in [-0.4, -0.2) is 35.6 Å². The van der Waals surface area contributed by atoms with Crippen LogP contribution in [-0.2, 0) is 20.9 Å². The highest BCUT2D eigenvalue weighted by Gasteiger charge is 2.41. The van der Waals surface area contributed by atoms with E-state index in [-0.39, 0.29) is 18.9 Å². The molecule has 6 nitrogen and oxygen atoms in total. The van der Waals surface area contributed by atoms with Gasteiger partial charge in [-0.1, -0.05) is 30.3 Å². The van der Waals surface area contributed by atoms with Crippen molar-refractivity contribution in [2.75, 3.05) is 13.1 Å². The van der Waals surface area contributed by atoms with Crippen LogP contribution in [0.15, 0.2) is 30.3 Å². The first kappa shape index (κ1) is 17.2. The van der Waals surface area contributed by atoms with Gasteiger partial charge in [0.15, 0.2) is 11.7 Å². The van der Waals surface area contributed by atoms with Gasteiger partial charge < -0.3 is 10.2 Å². The molecule has 1 heterocycles. The number of carbonyl (C=O) groups is 3. The van der Waals surface area contributed by atoms with Gasteiger partial charge in [-0.15, -0.1) is 0 Å². The first-order valence-electron chi connectivity index (χ1n) is 8.61. The van der Waals surface area contributed by atoms with Crippen LogP contribution in [0.5, 0.6) is 0 Å².